The van der Waals surface area contributed by atoms with Crippen molar-refractivity contribution in [2.75, 3.05) is 78.5 Å². The average Bonchev–Trinajstić information content (AvgIpc) is 3.59. The van der Waals surface area contributed by atoms with Crippen LogP contribution in [0.25, 0.3) is 0 Å². The molecule has 3 aliphatic heterocycles. The molecule has 3 saturated heterocycles. The minimum absolute atomic E-state index is 0.297. The zero-order valence-corrected chi connectivity index (χ0v) is 30.9. The third-order valence-electron chi connectivity index (χ3n) is 9.77. The fourth-order valence-corrected chi connectivity index (χ4v) is 9.98. The van der Waals surface area contributed by atoms with E-state index in [1.165, 1.54) is 8.61 Å². The molecule has 14 heteroatoms. The third kappa shape index (κ3) is 9.01. The summed E-state index contributed by atoms with van der Waals surface area (Å²) in [7, 11) is -7.12. The maximum absolute atomic E-state index is 13.4. The van der Waals surface area contributed by atoms with Gasteiger partial charge in [0.05, 0.1) is 0 Å². The number of ether oxygens (including phenoxy) is 2. The Kier molecular flexibility index (Phi) is 11.5. The van der Waals surface area contributed by atoms with Crippen LogP contribution in [0.3, 0.4) is 0 Å². The highest BCUT2D eigenvalue weighted by atomic mass is 32.2. The standard InChI is InChI=1S/C38H46N6O6S2/c45-51(46)41(25-27-43(51)31-33-9-7-15-37(29-33)49-35-11-3-1-4-12-35)23-21-39-17-19-40(20-18-39)22-24-42-26-28-44(52(42,47)48)32-34-10-8-16-38(30-34)50-36-13-5-2-6-14-36/h1-16,29-30H,17-28,31-32H2. The van der Waals surface area contributed by atoms with Crippen molar-refractivity contribution in [1.82, 2.24) is 27.0 Å². The molecule has 0 amide bonds. The summed E-state index contributed by atoms with van der Waals surface area (Å²) in [6.45, 7) is 7.89. The molecule has 4 aromatic carbocycles. The molecular formula is C38H46N6O6S2. The van der Waals surface area contributed by atoms with Crippen molar-refractivity contribution in [2.45, 2.75) is 13.1 Å². The number of hydrogen-bond donors (Lipinski definition) is 0. The highest BCUT2D eigenvalue weighted by Crippen LogP contribution is 2.27. The predicted octanol–water partition coefficient (Wildman–Crippen LogP) is 4.31. The van der Waals surface area contributed by atoms with E-state index in [-0.39, 0.29) is 0 Å². The Morgan fingerprint density at radius 3 is 1.17 bits per heavy atom. The van der Waals surface area contributed by atoms with Gasteiger partial charge in [0.25, 0.3) is 20.4 Å². The molecule has 276 valence electrons. The molecule has 52 heavy (non-hydrogen) atoms. The van der Waals surface area contributed by atoms with Crippen molar-refractivity contribution in [1.29, 1.82) is 0 Å². The zero-order chi connectivity index (χ0) is 36.0. The predicted molar refractivity (Wildman–Crippen MR) is 201 cm³/mol. The van der Waals surface area contributed by atoms with Crippen LogP contribution in [0, 0.1) is 0 Å². The first kappa shape index (κ1) is 36.5. The van der Waals surface area contributed by atoms with Gasteiger partial charge in [-0.15, -0.1) is 0 Å². The number of nitrogens with zero attached hydrogens (tertiary/aromatic N) is 6. The second-order valence-electron chi connectivity index (χ2n) is 13.3. The Morgan fingerprint density at radius 2 is 0.769 bits per heavy atom. The van der Waals surface area contributed by atoms with Gasteiger partial charge in [0.1, 0.15) is 23.0 Å². The van der Waals surface area contributed by atoms with Gasteiger partial charge in [-0.3, -0.25) is 9.80 Å². The summed E-state index contributed by atoms with van der Waals surface area (Å²) in [4.78, 5) is 4.59. The summed E-state index contributed by atoms with van der Waals surface area (Å²) in [5, 5.41) is 0. The second kappa shape index (κ2) is 16.4. The van der Waals surface area contributed by atoms with E-state index in [1.54, 1.807) is 8.61 Å². The molecule has 0 atom stereocenters. The third-order valence-corrected chi connectivity index (χ3v) is 13.7. The fourth-order valence-electron chi connectivity index (χ4n) is 6.82. The number of para-hydroxylation sites is 2. The molecule has 7 rings (SSSR count). The Morgan fingerprint density at radius 1 is 0.404 bits per heavy atom. The van der Waals surface area contributed by atoms with Crippen molar-refractivity contribution in [3.8, 4) is 23.0 Å². The lowest BCUT2D eigenvalue weighted by Gasteiger charge is -2.35. The van der Waals surface area contributed by atoms with Crippen LogP contribution in [0.5, 0.6) is 23.0 Å². The van der Waals surface area contributed by atoms with Crippen LogP contribution < -0.4 is 9.47 Å². The summed E-state index contributed by atoms with van der Waals surface area (Å²) in [6, 6.07) is 34.2. The smallest absolute Gasteiger partial charge is 0.282 e. The molecule has 0 bridgehead atoms. The minimum atomic E-state index is -3.56. The molecule has 0 spiro atoms. The van der Waals surface area contributed by atoms with Crippen LogP contribution in [0.4, 0.5) is 0 Å². The largest absolute Gasteiger partial charge is 0.457 e. The van der Waals surface area contributed by atoms with Crippen LogP contribution in [-0.4, -0.2) is 122 Å². The van der Waals surface area contributed by atoms with Crippen LogP contribution in [-0.2, 0) is 33.5 Å². The Balaban J connectivity index is 0.827. The zero-order valence-electron chi connectivity index (χ0n) is 29.2. The lowest BCUT2D eigenvalue weighted by atomic mass is 10.2. The van der Waals surface area contributed by atoms with Gasteiger partial charge in [0, 0.05) is 91.6 Å². The van der Waals surface area contributed by atoms with E-state index >= 15 is 0 Å². The van der Waals surface area contributed by atoms with Gasteiger partial charge in [-0.25, -0.2) is 0 Å². The number of rotatable bonds is 14. The molecule has 3 aliphatic rings. The minimum Gasteiger partial charge on any atom is -0.457 e. The first-order valence-corrected chi connectivity index (χ1v) is 20.6. The molecule has 0 N–H and O–H groups in total. The molecule has 0 saturated carbocycles. The quantitative estimate of drug-likeness (QED) is 0.188. The number of hydrogen-bond acceptors (Lipinski definition) is 8. The molecule has 0 radical (unpaired) electrons. The van der Waals surface area contributed by atoms with Crippen LogP contribution in [0.1, 0.15) is 11.1 Å². The highest BCUT2D eigenvalue weighted by molar-refractivity contribution is 7.87. The summed E-state index contributed by atoms with van der Waals surface area (Å²) in [5.41, 5.74) is 1.76. The molecule has 4 aromatic rings. The normalized spacial score (nSPS) is 20.3. The van der Waals surface area contributed by atoms with E-state index < -0.39 is 20.4 Å². The van der Waals surface area contributed by atoms with Crippen molar-refractivity contribution in [3.63, 3.8) is 0 Å². The maximum Gasteiger partial charge on any atom is 0.282 e. The first-order valence-electron chi connectivity index (χ1n) is 17.8. The summed E-state index contributed by atoms with van der Waals surface area (Å²) < 4.78 is 71.7. The van der Waals surface area contributed by atoms with Gasteiger partial charge in [0.15, 0.2) is 0 Å². The van der Waals surface area contributed by atoms with E-state index in [2.05, 4.69) is 9.80 Å². The fraction of sp³-hybridized carbons (Fsp3) is 0.368. The van der Waals surface area contributed by atoms with E-state index in [0.717, 1.165) is 48.8 Å². The summed E-state index contributed by atoms with van der Waals surface area (Å²) in [6.07, 6.45) is 0. The van der Waals surface area contributed by atoms with E-state index in [4.69, 9.17) is 9.47 Å². The molecule has 3 fully saturated rings. The highest BCUT2D eigenvalue weighted by Gasteiger charge is 2.38. The van der Waals surface area contributed by atoms with E-state index in [0.29, 0.717) is 76.9 Å². The van der Waals surface area contributed by atoms with Crippen molar-refractivity contribution >= 4 is 20.4 Å². The molecular weight excluding hydrogens is 701 g/mol. The van der Waals surface area contributed by atoms with Crippen molar-refractivity contribution in [2.24, 2.45) is 0 Å². The van der Waals surface area contributed by atoms with Gasteiger partial charge >= 0.3 is 0 Å². The molecule has 0 aromatic heterocycles. The molecule has 0 aliphatic carbocycles. The first-order chi connectivity index (χ1) is 25.2. The van der Waals surface area contributed by atoms with Gasteiger partial charge < -0.3 is 9.47 Å². The van der Waals surface area contributed by atoms with Gasteiger partial charge in [0.2, 0.25) is 0 Å². The van der Waals surface area contributed by atoms with Gasteiger partial charge in [-0.2, -0.15) is 34.1 Å². The molecule has 12 nitrogen and oxygen atoms in total. The summed E-state index contributed by atoms with van der Waals surface area (Å²) in [5.74, 6) is 2.81. The summed E-state index contributed by atoms with van der Waals surface area (Å²) >= 11 is 0. The second-order valence-corrected chi connectivity index (χ2v) is 17.1. The monoisotopic (exact) mass is 746 g/mol. The van der Waals surface area contributed by atoms with Crippen molar-refractivity contribution < 1.29 is 26.3 Å². The van der Waals surface area contributed by atoms with Crippen LogP contribution in [0.2, 0.25) is 0 Å². The van der Waals surface area contributed by atoms with Crippen LogP contribution in [0.15, 0.2) is 109 Å². The van der Waals surface area contributed by atoms with Crippen LogP contribution >= 0.6 is 0 Å². The SMILES string of the molecule is O=S1(=O)N(CCN2CCN(CCN3CCN(Cc4cccc(Oc5ccccc5)c4)S3(=O)=O)CC2)CCN1Cc1cccc(Oc2ccccc2)c1. The Bertz CT molecular complexity index is 1850. The van der Waals surface area contributed by atoms with E-state index in [9.17, 15) is 16.8 Å². The lowest BCUT2D eigenvalue weighted by Crippen LogP contribution is -2.50. The lowest BCUT2D eigenvalue weighted by molar-refractivity contribution is 0.125. The number of benzene rings is 4. The number of piperazine rings is 1. The Hall–Kier alpha value is -3.86. The average molecular weight is 747 g/mol. The van der Waals surface area contributed by atoms with E-state index in [1.807, 2.05) is 109 Å². The van der Waals surface area contributed by atoms with Gasteiger partial charge in [-0.1, -0.05) is 60.7 Å². The maximum atomic E-state index is 13.4. The topological polar surface area (TPSA) is 106 Å². The molecule has 0 unspecified atom stereocenters. The molecule has 3 heterocycles. The Labute approximate surface area is 307 Å². The van der Waals surface area contributed by atoms with Gasteiger partial charge in [-0.05, 0) is 59.7 Å². The van der Waals surface area contributed by atoms with Crippen molar-refractivity contribution in [3.05, 3.63) is 120 Å².